The number of rotatable bonds is 2. The highest BCUT2D eigenvalue weighted by atomic mass is 79.9. The second kappa shape index (κ2) is 2.00. The molecule has 3 aliphatic carbocycles. The largest absolute Gasteiger partial charge is 0.465 e. The molecule has 0 N–H and O–H groups in total. The monoisotopic (exact) mass is 218 g/mol. The van der Waals surface area contributed by atoms with Gasteiger partial charge in [-0.15, -0.1) is 0 Å². The Kier molecular flexibility index (Phi) is 1.38. The summed E-state index contributed by atoms with van der Waals surface area (Å²) >= 11 is 3.63. The molecule has 0 atom stereocenters. The van der Waals surface area contributed by atoms with Crippen molar-refractivity contribution in [1.82, 2.24) is 0 Å². The molecule has 2 nitrogen and oxygen atoms in total. The maximum atomic E-state index is 10.5. The zero-order valence-electron chi connectivity index (χ0n) is 6.52. The standard InChI is InChI=1S/C8H11BrO2/c1-6(10)11-5-7-2-8(9,3-7)4-7/h2-5H2,1H3. The van der Waals surface area contributed by atoms with Crippen LogP contribution in [-0.2, 0) is 9.53 Å². The molecule has 0 aromatic carbocycles. The summed E-state index contributed by atoms with van der Waals surface area (Å²) in [6, 6.07) is 0. The van der Waals surface area contributed by atoms with Crippen LogP contribution in [0.2, 0.25) is 0 Å². The van der Waals surface area contributed by atoms with Crippen LogP contribution in [0.3, 0.4) is 0 Å². The number of carbonyl (C=O) groups is 1. The third-order valence-electron chi connectivity index (χ3n) is 2.66. The molecule has 0 unspecified atom stereocenters. The van der Waals surface area contributed by atoms with Gasteiger partial charge in [-0.3, -0.25) is 4.79 Å². The third kappa shape index (κ3) is 1.10. The molecule has 3 rings (SSSR count). The van der Waals surface area contributed by atoms with Crippen molar-refractivity contribution in [3.8, 4) is 0 Å². The van der Waals surface area contributed by atoms with E-state index in [0.717, 1.165) is 0 Å². The summed E-state index contributed by atoms with van der Waals surface area (Å²) in [5.74, 6) is -0.154. The fraction of sp³-hybridized carbons (Fsp3) is 0.875. The van der Waals surface area contributed by atoms with Gasteiger partial charge in [0.1, 0.15) is 0 Å². The highest BCUT2D eigenvalue weighted by Gasteiger charge is 2.66. The van der Waals surface area contributed by atoms with Crippen molar-refractivity contribution in [2.24, 2.45) is 5.41 Å². The number of halogens is 1. The van der Waals surface area contributed by atoms with Gasteiger partial charge in [-0.2, -0.15) is 0 Å². The minimum Gasteiger partial charge on any atom is -0.465 e. The molecule has 3 fully saturated rings. The van der Waals surface area contributed by atoms with Gasteiger partial charge in [-0.25, -0.2) is 0 Å². The van der Waals surface area contributed by atoms with E-state index in [4.69, 9.17) is 4.74 Å². The third-order valence-corrected chi connectivity index (χ3v) is 3.50. The number of carbonyl (C=O) groups excluding carboxylic acids is 1. The Hall–Kier alpha value is -0.0500. The summed E-state index contributed by atoms with van der Waals surface area (Å²) in [4.78, 5) is 10.5. The van der Waals surface area contributed by atoms with Crippen molar-refractivity contribution in [2.75, 3.05) is 6.61 Å². The van der Waals surface area contributed by atoms with E-state index in [0.29, 0.717) is 16.3 Å². The summed E-state index contributed by atoms with van der Waals surface area (Å²) in [6.07, 6.45) is 3.56. The molecule has 2 bridgehead atoms. The van der Waals surface area contributed by atoms with Gasteiger partial charge in [-0.1, -0.05) is 15.9 Å². The quantitative estimate of drug-likeness (QED) is 0.523. The van der Waals surface area contributed by atoms with E-state index < -0.39 is 0 Å². The first-order valence-electron chi connectivity index (χ1n) is 3.86. The van der Waals surface area contributed by atoms with E-state index in [2.05, 4.69) is 15.9 Å². The molecule has 0 aromatic rings. The summed E-state index contributed by atoms with van der Waals surface area (Å²) in [5, 5.41) is 0. The smallest absolute Gasteiger partial charge is 0.302 e. The Bertz CT molecular complexity index is 192. The maximum absolute atomic E-state index is 10.5. The fourth-order valence-corrected chi connectivity index (χ4v) is 4.05. The number of esters is 1. The van der Waals surface area contributed by atoms with Crippen LogP contribution in [0.4, 0.5) is 0 Å². The lowest BCUT2D eigenvalue weighted by Crippen LogP contribution is -2.65. The van der Waals surface area contributed by atoms with Crippen molar-refractivity contribution in [1.29, 1.82) is 0 Å². The zero-order chi connectivity index (χ0) is 8.11. The summed E-state index contributed by atoms with van der Waals surface area (Å²) in [6.45, 7) is 2.10. The molecule has 3 heteroatoms. The zero-order valence-corrected chi connectivity index (χ0v) is 8.11. The molecule has 62 valence electrons. The molecule has 0 aromatic heterocycles. The molecule has 0 heterocycles. The van der Waals surface area contributed by atoms with Crippen LogP contribution in [0.25, 0.3) is 0 Å². The number of alkyl halides is 1. The van der Waals surface area contributed by atoms with E-state index in [-0.39, 0.29) is 5.97 Å². The lowest BCUT2D eigenvalue weighted by atomic mass is 9.44. The molecular weight excluding hydrogens is 208 g/mol. The van der Waals surface area contributed by atoms with E-state index in [9.17, 15) is 4.79 Å². The van der Waals surface area contributed by atoms with E-state index in [1.54, 1.807) is 0 Å². The van der Waals surface area contributed by atoms with Crippen LogP contribution in [0, 0.1) is 5.41 Å². The maximum Gasteiger partial charge on any atom is 0.302 e. The Morgan fingerprint density at radius 3 is 2.45 bits per heavy atom. The van der Waals surface area contributed by atoms with Gasteiger partial charge in [0.25, 0.3) is 0 Å². The Morgan fingerprint density at radius 1 is 1.55 bits per heavy atom. The molecule has 0 aliphatic heterocycles. The highest BCUT2D eigenvalue weighted by Crippen LogP contribution is 2.71. The van der Waals surface area contributed by atoms with Gasteiger partial charge in [0.05, 0.1) is 6.61 Å². The minimum atomic E-state index is -0.154. The Balaban J connectivity index is 1.78. The van der Waals surface area contributed by atoms with Crippen LogP contribution < -0.4 is 0 Å². The minimum absolute atomic E-state index is 0.154. The average Bonchev–Trinajstić information content (AvgIpc) is 1.75. The molecule has 3 saturated carbocycles. The number of ether oxygens (including phenoxy) is 1. The second-order valence-corrected chi connectivity index (χ2v) is 5.64. The van der Waals surface area contributed by atoms with Crippen molar-refractivity contribution in [2.45, 2.75) is 30.5 Å². The van der Waals surface area contributed by atoms with Gasteiger partial charge in [0.15, 0.2) is 0 Å². The first-order chi connectivity index (χ1) is 5.04. The molecule has 0 radical (unpaired) electrons. The van der Waals surface area contributed by atoms with Crippen molar-refractivity contribution >= 4 is 21.9 Å². The Labute approximate surface area is 74.4 Å². The number of hydrogen-bond donors (Lipinski definition) is 0. The number of hydrogen-bond acceptors (Lipinski definition) is 2. The van der Waals surface area contributed by atoms with Gasteiger partial charge < -0.3 is 4.74 Å². The van der Waals surface area contributed by atoms with Crippen LogP contribution in [0.5, 0.6) is 0 Å². The first kappa shape index (κ1) is 7.59. The van der Waals surface area contributed by atoms with Crippen molar-refractivity contribution < 1.29 is 9.53 Å². The highest BCUT2D eigenvalue weighted by molar-refractivity contribution is 9.10. The summed E-state index contributed by atoms with van der Waals surface area (Å²) in [5.41, 5.74) is 0.370. The summed E-state index contributed by atoms with van der Waals surface area (Å²) < 4.78 is 5.41. The normalized spacial score (nSPS) is 45.6. The average molecular weight is 219 g/mol. The predicted molar refractivity (Wildman–Crippen MR) is 44.6 cm³/mol. The van der Waals surface area contributed by atoms with E-state index in [1.807, 2.05) is 0 Å². The van der Waals surface area contributed by atoms with Crippen LogP contribution >= 0.6 is 15.9 Å². The molecule has 11 heavy (non-hydrogen) atoms. The molecule has 0 spiro atoms. The topological polar surface area (TPSA) is 26.3 Å². The van der Waals surface area contributed by atoms with E-state index >= 15 is 0 Å². The van der Waals surface area contributed by atoms with Gasteiger partial charge >= 0.3 is 5.97 Å². The fourth-order valence-electron chi connectivity index (χ4n) is 2.27. The van der Waals surface area contributed by atoms with Gasteiger partial charge in [0.2, 0.25) is 0 Å². The van der Waals surface area contributed by atoms with Crippen LogP contribution in [-0.4, -0.2) is 16.9 Å². The van der Waals surface area contributed by atoms with Gasteiger partial charge in [0, 0.05) is 16.7 Å². The molecule has 0 saturated heterocycles. The van der Waals surface area contributed by atoms with Crippen molar-refractivity contribution in [3.63, 3.8) is 0 Å². The van der Waals surface area contributed by atoms with E-state index in [1.165, 1.54) is 26.2 Å². The van der Waals surface area contributed by atoms with Crippen LogP contribution in [0.1, 0.15) is 26.2 Å². The Morgan fingerprint density at radius 2 is 2.09 bits per heavy atom. The van der Waals surface area contributed by atoms with Gasteiger partial charge in [-0.05, 0) is 19.3 Å². The molecular formula is C8H11BrO2. The predicted octanol–water partition coefficient (Wildman–Crippen LogP) is 1.87. The SMILES string of the molecule is CC(=O)OCC12CC(Br)(C1)C2. The van der Waals surface area contributed by atoms with Crippen molar-refractivity contribution in [3.05, 3.63) is 0 Å². The second-order valence-electron chi connectivity index (χ2n) is 3.96. The summed E-state index contributed by atoms with van der Waals surface area (Å²) in [7, 11) is 0. The van der Waals surface area contributed by atoms with Crippen LogP contribution in [0.15, 0.2) is 0 Å². The molecule has 3 aliphatic rings. The lowest BCUT2D eigenvalue weighted by Gasteiger charge is -2.67. The molecule has 0 amide bonds. The first-order valence-corrected chi connectivity index (χ1v) is 4.65. The lowest BCUT2D eigenvalue weighted by molar-refractivity contribution is -0.162.